The number of aliphatic hydroxyl groups is 1. The molecule has 0 bridgehead atoms. The van der Waals surface area contributed by atoms with E-state index in [1.807, 2.05) is 0 Å². The van der Waals surface area contributed by atoms with E-state index >= 15 is 0 Å². The third-order valence-corrected chi connectivity index (χ3v) is 2.77. The fraction of sp³-hybridized carbons (Fsp3) is 0.182. The van der Waals surface area contributed by atoms with Gasteiger partial charge >= 0.3 is 11.6 Å². The third kappa shape index (κ3) is 2.93. The molecule has 0 unspecified atom stereocenters. The van der Waals surface area contributed by atoms with Crippen molar-refractivity contribution in [3.63, 3.8) is 0 Å². The zero-order valence-corrected chi connectivity index (χ0v) is 11.0. The molecule has 11 nitrogen and oxygen atoms in total. The van der Waals surface area contributed by atoms with Gasteiger partial charge in [0.2, 0.25) is 0 Å². The van der Waals surface area contributed by atoms with Crippen molar-refractivity contribution in [1.29, 1.82) is 0 Å². The number of carbonyl (C=O) groups excluding carboxylic acids is 1. The van der Waals surface area contributed by atoms with Crippen LogP contribution in [0.5, 0.6) is 0 Å². The van der Waals surface area contributed by atoms with Gasteiger partial charge < -0.3 is 21.1 Å². The smallest absolute Gasteiger partial charge is 0.373 e. The Hall–Kier alpha value is -3.21. The van der Waals surface area contributed by atoms with Gasteiger partial charge in [-0.05, 0) is 6.07 Å². The van der Waals surface area contributed by atoms with Gasteiger partial charge in [-0.3, -0.25) is 25.0 Å². The van der Waals surface area contributed by atoms with E-state index < -0.39 is 21.5 Å². The Bertz CT molecular complexity index is 686. The summed E-state index contributed by atoms with van der Waals surface area (Å²) >= 11 is 0. The minimum atomic E-state index is -0.989. The predicted molar refractivity (Wildman–Crippen MR) is 74.5 cm³/mol. The molecule has 22 heavy (non-hydrogen) atoms. The van der Waals surface area contributed by atoms with Crippen molar-refractivity contribution in [2.45, 2.75) is 0 Å². The number of benzene rings is 1. The number of fused-ring (bicyclic) bond motifs is 1. The molecule has 4 N–H and O–H groups in total. The number of nitrogens with zero attached hydrogens (tertiary/aromatic N) is 2. The maximum absolute atomic E-state index is 11.7. The summed E-state index contributed by atoms with van der Waals surface area (Å²) in [6, 6.07) is 3.79. The number of amides is 1. The first kappa shape index (κ1) is 15.2. The molecule has 1 aliphatic heterocycles. The van der Waals surface area contributed by atoms with Crippen LogP contribution in [0, 0.1) is 20.2 Å². The van der Waals surface area contributed by atoms with Crippen molar-refractivity contribution in [2.24, 2.45) is 0 Å². The van der Waals surface area contributed by atoms with Crippen molar-refractivity contribution < 1.29 is 19.7 Å². The number of aliphatic hydroxyl groups excluding tert-OH is 1. The van der Waals surface area contributed by atoms with E-state index in [9.17, 15) is 25.0 Å². The van der Waals surface area contributed by atoms with Gasteiger partial charge in [0.1, 0.15) is 0 Å². The highest BCUT2D eigenvalue weighted by molar-refractivity contribution is 5.95. The number of hydrogen-bond donors (Lipinski definition) is 4. The molecule has 0 aromatic heterocycles. The van der Waals surface area contributed by atoms with Crippen LogP contribution in [-0.4, -0.2) is 34.0 Å². The van der Waals surface area contributed by atoms with Crippen LogP contribution in [0.3, 0.4) is 0 Å². The zero-order valence-electron chi connectivity index (χ0n) is 11.0. The summed E-state index contributed by atoms with van der Waals surface area (Å²) in [6.07, 6.45) is 0. The SMILES string of the molecule is O=C(NCCO)C(=C1Nc2ccc([N+](=O)[O-])cc2N1)[N+](=O)[O-]. The van der Waals surface area contributed by atoms with Crippen LogP contribution in [0.4, 0.5) is 17.1 Å². The topological polar surface area (TPSA) is 160 Å². The number of carbonyl (C=O) groups is 1. The standard InChI is InChI=1S/C11H11N5O6/c17-4-3-12-11(18)9(16(21)22)10-13-7-2-1-6(15(19)20)5-8(7)14-10/h1-2,5,13-14,17H,3-4H2,(H,12,18). The van der Waals surface area contributed by atoms with Crippen LogP contribution in [0.1, 0.15) is 0 Å². The average molecular weight is 309 g/mol. The maximum atomic E-state index is 11.7. The Labute approximate surface area is 122 Å². The second kappa shape index (κ2) is 6.05. The monoisotopic (exact) mass is 309 g/mol. The second-order valence-electron chi connectivity index (χ2n) is 4.20. The highest BCUT2D eigenvalue weighted by atomic mass is 16.6. The van der Waals surface area contributed by atoms with E-state index in [0.717, 1.165) is 0 Å². The quantitative estimate of drug-likeness (QED) is 0.335. The highest BCUT2D eigenvalue weighted by Gasteiger charge is 2.32. The van der Waals surface area contributed by atoms with Gasteiger partial charge in [-0.15, -0.1) is 0 Å². The van der Waals surface area contributed by atoms with Crippen molar-refractivity contribution in [1.82, 2.24) is 5.32 Å². The molecule has 0 fully saturated rings. The number of nitro groups is 2. The molecule has 0 saturated heterocycles. The van der Waals surface area contributed by atoms with Gasteiger partial charge in [0.05, 0.1) is 27.8 Å². The lowest BCUT2D eigenvalue weighted by Crippen LogP contribution is -2.32. The van der Waals surface area contributed by atoms with Crippen LogP contribution in [0.2, 0.25) is 0 Å². The van der Waals surface area contributed by atoms with Crippen molar-refractivity contribution in [3.8, 4) is 0 Å². The highest BCUT2D eigenvalue weighted by Crippen LogP contribution is 2.34. The number of nitrogens with one attached hydrogen (secondary N) is 3. The maximum Gasteiger partial charge on any atom is 0.373 e. The Morgan fingerprint density at radius 2 is 1.91 bits per heavy atom. The Morgan fingerprint density at radius 1 is 1.23 bits per heavy atom. The lowest BCUT2D eigenvalue weighted by atomic mass is 10.2. The summed E-state index contributed by atoms with van der Waals surface area (Å²) in [4.78, 5) is 32.0. The van der Waals surface area contributed by atoms with Gasteiger partial charge in [-0.25, -0.2) is 0 Å². The van der Waals surface area contributed by atoms with E-state index in [4.69, 9.17) is 5.11 Å². The largest absolute Gasteiger partial charge is 0.395 e. The molecule has 0 aliphatic carbocycles. The van der Waals surface area contributed by atoms with E-state index in [0.29, 0.717) is 5.69 Å². The molecule has 1 aromatic carbocycles. The molecular weight excluding hydrogens is 298 g/mol. The summed E-state index contributed by atoms with van der Waals surface area (Å²) in [5, 5.41) is 37.7. The molecule has 0 spiro atoms. The minimum Gasteiger partial charge on any atom is -0.395 e. The molecule has 0 saturated carbocycles. The van der Waals surface area contributed by atoms with E-state index in [1.165, 1.54) is 18.2 Å². The zero-order chi connectivity index (χ0) is 16.3. The Kier molecular flexibility index (Phi) is 4.18. The minimum absolute atomic E-state index is 0.137. The number of nitro benzene ring substituents is 1. The summed E-state index contributed by atoms with van der Waals surface area (Å²) in [6.45, 7) is -0.499. The van der Waals surface area contributed by atoms with Crippen molar-refractivity contribution in [2.75, 3.05) is 23.8 Å². The van der Waals surface area contributed by atoms with Crippen LogP contribution in [-0.2, 0) is 4.79 Å². The molecule has 116 valence electrons. The average Bonchev–Trinajstić information content (AvgIpc) is 2.86. The van der Waals surface area contributed by atoms with Crippen molar-refractivity contribution >= 4 is 23.0 Å². The molecule has 11 heteroatoms. The summed E-state index contributed by atoms with van der Waals surface area (Å²) in [5.74, 6) is -1.19. The Morgan fingerprint density at radius 3 is 2.50 bits per heavy atom. The molecule has 2 rings (SSSR count). The Balaban J connectivity index is 2.33. The second-order valence-corrected chi connectivity index (χ2v) is 4.20. The fourth-order valence-corrected chi connectivity index (χ4v) is 1.82. The summed E-state index contributed by atoms with van der Waals surface area (Å²) in [7, 11) is 0. The predicted octanol–water partition coefficient (Wildman–Crippen LogP) is -0.0135. The van der Waals surface area contributed by atoms with Crippen LogP contribution >= 0.6 is 0 Å². The van der Waals surface area contributed by atoms with Gasteiger partial charge in [-0.1, -0.05) is 0 Å². The number of non-ortho nitro benzene ring substituents is 1. The van der Waals surface area contributed by atoms with Gasteiger partial charge in [0.25, 0.3) is 5.69 Å². The van der Waals surface area contributed by atoms with E-state index in [1.54, 1.807) is 0 Å². The molecule has 1 aromatic rings. The lowest BCUT2D eigenvalue weighted by Gasteiger charge is -2.04. The molecule has 0 radical (unpaired) electrons. The van der Waals surface area contributed by atoms with Crippen LogP contribution in [0.15, 0.2) is 29.7 Å². The van der Waals surface area contributed by atoms with E-state index in [2.05, 4.69) is 16.0 Å². The number of rotatable bonds is 5. The lowest BCUT2D eigenvalue weighted by molar-refractivity contribution is -0.420. The molecule has 1 aliphatic rings. The summed E-state index contributed by atoms with van der Waals surface area (Å²) in [5.41, 5.74) is -0.359. The molecule has 0 atom stereocenters. The number of anilines is 2. The number of hydrogen-bond acceptors (Lipinski definition) is 8. The van der Waals surface area contributed by atoms with Gasteiger partial charge in [0.15, 0.2) is 5.82 Å². The normalized spacial score (nSPS) is 14.4. The first-order chi connectivity index (χ1) is 10.4. The summed E-state index contributed by atoms with van der Waals surface area (Å²) < 4.78 is 0. The molecule has 1 heterocycles. The van der Waals surface area contributed by atoms with Gasteiger partial charge in [0, 0.05) is 18.7 Å². The van der Waals surface area contributed by atoms with E-state index in [-0.39, 0.29) is 30.3 Å². The van der Waals surface area contributed by atoms with Gasteiger partial charge in [-0.2, -0.15) is 0 Å². The molecule has 1 amide bonds. The van der Waals surface area contributed by atoms with Crippen LogP contribution in [0.25, 0.3) is 0 Å². The third-order valence-electron chi connectivity index (χ3n) is 2.77. The molecular formula is C11H11N5O6. The van der Waals surface area contributed by atoms with Crippen LogP contribution < -0.4 is 16.0 Å². The fourth-order valence-electron chi connectivity index (χ4n) is 1.82. The van der Waals surface area contributed by atoms with Crippen molar-refractivity contribution in [3.05, 3.63) is 49.9 Å². The first-order valence-corrected chi connectivity index (χ1v) is 6.04. The first-order valence-electron chi connectivity index (χ1n) is 6.04.